The van der Waals surface area contributed by atoms with E-state index in [1.807, 2.05) is 20.8 Å². The van der Waals surface area contributed by atoms with E-state index in [-0.39, 0.29) is 27.6 Å². The van der Waals surface area contributed by atoms with Gasteiger partial charge in [0.2, 0.25) is 0 Å². The van der Waals surface area contributed by atoms with Gasteiger partial charge in [-0.1, -0.05) is 32.4 Å². The molecular weight excluding hydrogens is 301 g/mol. The fourth-order valence-electron chi connectivity index (χ4n) is 1.82. The van der Waals surface area contributed by atoms with E-state index in [0.29, 0.717) is 0 Å². The lowest BCUT2D eigenvalue weighted by molar-refractivity contribution is 0.426. The maximum Gasteiger partial charge on any atom is 0.179 e. The lowest BCUT2D eigenvalue weighted by Crippen LogP contribution is -2.40. The quantitative estimate of drug-likeness (QED) is 0.784. The lowest BCUT2D eigenvalue weighted by Gasteiger charge is -2.22. The maximum absolute atomic E-state index is 13.1. The number of hydrogen-bond acceptors (Lipinski definition) is 3. The van der Waals surface area contributed by atoms with Gasteiger partial charge in [-0.15, -0.1) is 0 Å². The number of sulfone groups is 1. The summed E-state index contributed by atoms with van der Waals surface area (Å²) in [6.07, 6.45) is 0.936. The molecule has 0 fully saturated rings. The summed E-state index contributed by atoms with van der Waals surface area (Å²) in [5.41, 5.74) is 0. The molecule has 0 saturated heterocycles. The Labute approximate surface area is 125 Å². The van der Waals surface area contributed by atoms with Gasteiger partial charge in [-0.25, -0.2) is 12.8 Å². The highest BCUT2D eigenvalue weighted by molar-refractivity contribution is 7.91. The Kier molecular flexibility index (Phi) is 6.43. The molecule has 20 heavy (non-hydrogen) atoms. The maximum atomic E-state index is 13.1. The van der Waals surface area contributed by atoms with Gasteiger partial charge in [0, 0.05) is 6.04 Å². The summed E-state index contributed by atoms with van der Waals surface area (Å²) in [6.45, 7) is 6.74. The molecule has 0 bridgehead atoms. The smallest absolute Gasteiger partial charge is 0.179 e. The normalized spacial score (nSPS) is 13.7. The Bertz CT molecular complexity index is 546. The largest absolute Gasteiger partial charge is 0.313 e. The van der Waals surface area contributed by atoms with E-state index in [2.05, 4.69) is 5.32 Å². The highest BCUT2D eigenvalue weighted by atomic mass is 35.5. The van der Waals surface area contributed by atoms with Gasteiger partial charge in [0.05, 0.1) is 15.7 Å². The van der Waals surface area contributed by atoms with Crippen molar-refractivity contribution in [3.05, 3.63) is 29.0 Å². The summed E-state index contributed by atoms with van der Waals surface area (Å²) in [5, 5.41) is 3.06. The zero-order valence-corrected chi connectivity index (χ0v) is 13.6. The average Bonchev–Trinajstić information content (AvgIpc) is 2.37. The van der Waals surface area contributed by atoms with E-state index in [4.69, 9.17) is 11.6 Å². The minimum Gasteiger partial charge on any atom is -0.313 e. The first kappa shape index (κ1) is 17.4. The third-order valence-electron chi connectivity index (χ3n) is 3.11. The van der Waals surface area contributed by atoms with Gasteiger partial charge in [-0.2, -0.15) is 0 Å². The summed E-state index contributed by atoms with van der Waals surface area (Å²) in [4.78, 5) is 0.0628. The van der Waals surface area contributed by atoms with E-state index in [1.165, 1.54) is 12.1 Å². The summed E-state index contributed by atoms with van der Waals surface area (Å²) in [7, 11) is -3.49. The van der Waals surface area contributed by atoms with Crippen molar-refractivity contribution in [2.24, 2.45) is 5.92 Å². The summed E-state index contributed by atoms with van der Waals surface area (Å²) in [5.74, 6) is -0.450. The second-order valence-corrected chi connectivity index (χ2v) is 7.60. The molecule has 1 aromatic carbocycles. The van der Waals surface area contributed by atoms with Crippen LogP contribution in [-0.4, -0.2) is 26.8 Å². The molecular formula is C14H21ClFNO2S. The van der Waals surface area contributed by atoms with E-state index in [0.717, 1.165) is 19.0 Å². The van der Waals surface area contributed by atoms with Crippen LogP contribution in [0.15, 0.2) is 23.1 Å². The standard InChI is InChI=1S/C14H21ClFNO2S/c1-4-7-17-14(10(2)3)9-20(18,19)11-5-6-13(16)12(15)8-11/h5-6,8,10,14,17H,4,7,9H2,1-3H3. The monoisotopic (exact) mass is 321 g/mol. The van der Waals surface area contributed by atoms with Gasteiger partial charge >= 0.3 is 0 Å². The Morgan fingerprint density at radius 3 is 2.50 bits per heavy atom. The van der Waals surface area contributed by atoms with Gasteiger partial charge in [0.15, 0.2) is 9.84 Å². The molecule has 1 aromatic rings. The van der Waals surface area contributed by atoms with Crippen LogP contribution in [0.25, 0.3) is 0 Å². The van der Waals surface area contributed by atoms with Crippen molar-refractivity contribution in [3.63, 3.8) is 0 Å². The van der Waals surface area contributed by atoms with E-state index in [9.17, 15) is 12.8 Å². The molecule has 0 amide bonds. The second-order valence-electron chi connectivity index (χ2n) is 5.16. The zero-order chi connectivity index (χ0) is 15.3. The zero-order valence-electron chi connectivity index (χ0n) is 12.0. The molecule has 0 aliphatic heterocycles. The van der Waals surface area contributed by atoms with Crippen molar-refractivity contribution < 1.29 is 12.8 Å². The third kappa shape index (κ3) is 4.72. The van der Waals surface area contributed by atoms with Gasteiger partial charge < -0.3 is 5.32 Å². The summed E-state index contributed by atoms with van der Waals surface area (Å²) >= 11 is 5.65. The predicted octanol–water partition coefficient (Wildman–Crippen LogP) is 3.28. The molecule has 114 valence electrons. The highest BCUT2D eigenvalue weighted by Gasteiger charge is 2.23. The molecule has 0 saturated carbocycles. The van der Waals surface area contributed by atoms with E-state index < -0.39 is 15.7 Å². The second kappa shape index (κ2) is 7.38. The number of hydrogen-bond donors (Lipinski definition) is 1. The van der Waals surface area contributed by atoms with Crippen LogP contribution < -0.4 is 5.32 Å². The molecule has 3 nitrogen and oxygen atoms in total. The molecule has 0 aliphatic rings. The van der Waals surface area contributed by atoms with Gasteiger partial charge in [0.1, 0.15) is 5.82 Å². The molecule has 6 heteroatoms. The summed E-state index contributed by atoms with van der Waals surface area (Å²) < 4.78 is 37.8. The third-order valence-corrected chi connectivity index (χ3v) is 5.17. The number of rotatable bonds is 7. The SMILES string of the molecule is CCCNC(CS(=O)(=O)c1ccc(F)c(Cl)c1)C(C)C. The van der Waals surface area contributed by atoms with Crippen molar-refractivity contribution in [1.29, 1.82) is 0 Å². The van der Waals surface area contributed by atoms with Crippen LogP contribution in [0.4, 0.5) is 4.39 Å². The number of benzene rings is 1. The minimum atomic E-state index is -3.49. The summed E-state index contributed by atoms with van der Waals surface area (Å²) in [6, 6.07) is 3.37. The highest BCUT2D eigenvalue weighted by Crippen LogP contribution is 2.21. The lowest BCUT2D eigenvalue weighted by atomic mass is 10.1. The van der Waals surface area contributed by atoms with Crippen LogP contribution in [0, 0.1) is 11.7 Å². The molecule has 0 aromatic heterocycles. The van der Waals surface area contributed by atoms with Crippen molar-refractivity contribution >= 4 is 21.4 Å². The Morgan fingerprint density at radius 2 is 2.00 bits per heavy atom. The Morgan fingerprint density at radius 1 is 1.35 bits per heavy atom. The topological polar surface area (TPSA) is 46.2 Å². The van der Waals surface area contributed by atoms with Crippen molar-refractivity contribution in [1.82, 2.24) is 5.32 Å². The Hall–Kier alpha value is -0.650. The molecule has 1 atom stereocenters. The number of nitrogens with one attached hydrogen (secondary N) is 1. The van der Waals surface area contributed by atoms with Crippen molar-refractivity contribution in [2.75, 3.05) is 12.3 Å². The van der Waals surface area contributed by atoms with Crippen LogP contribution in [0.5, 0.6) is 0 Å². The molecule has 0 heterocycles. The van der Waals surface area contributed by atoms with Crippen LogP contribution in [0.1, 0.15) is 27.2 Å². The minimum absolute atomic E-state index is 0.0212. The Balaban J connectivity index is 2.94. The fourth-order valence-corrected chi connectivity index (χ4v) is 3.81. The number of halogens is 2. The van der Waals surface area contributed by atoms with Crippen LogP contribution in [0.2, 0.25) is 5.02 Å². The fraction of sp³-hybridized carbons (Fsp3) is 0.571. The van der Waals surface area contributed by atoms with Gasteiger partial charge in [0.25, 0.3) is 0 Å². The van der Waals surface area contributed by atoms with Crippen molar-refractivity contribution in [2.45, 2.75) is 38.1 Å². The van der Waals surface area contributed by atoms with E-state index in [1.54, 1.807) is 0 Å². The van der Waals surface area contributed by atoms with Crippen LogP contribution in [0.3, 0.4) is 0 Å². The molecule has 0 spiro atoms. The predicted molar refractivity (Wildman–Crippen MR) is 80.4 cm³/mol. The van der Waals surface area contributed by atoms with Crippen LogP contribution >= 0.6 is 11.6 Å². The first-order chi connectivity index (χ1) is 9.27. The molecule has 0 radical (unpaired) electrons. The van der Waals surface area contributed by atoms with Crippen LogP contribution in [-0.2, 0) is 9.84 Å². The van der Waals surface area contributed by atoms with Gasteiger partial charge in [-0.05, 0) is 37.1 Å². The van der Waals surface area contributed by atoms with Gasteiger partial charge in [-0.3, -0.25) is 0 Å². The van der Waals surface area contributed by atoms with Crippen molar-refractivity contribution in [3.8, 4) is 0 Å². The molecule has 1 rings (SSSR count). The molecule has 0 aliphatic carbocycles. The first-order valence-corrected chi connectivity index (χ1v) is 8.72. The molecule has 1 unspecified atom stereocenters. The van der Waals surface area contributed by atoms with E-state index >= 15 is 0 Å². The average molecular weight is 322 g/mol. The molecule has 1 N–H and O–H groups in total. The first-order valence-electron chi connectivity index (χ1n) is 6.69.